The molecule has 3 nitrogen and oxygen atoms in total. The fourth-order valence-corrected chi connectivity index (χ4v) is 3.05. The Morgan fingerprint density at radius 2 is 0.913 bits per heavy atom. The van der Waals surface area contributed by atoms with Crippen molar-refractivity contribution in [1.82, 2.24) is 5.32 Å². The molecule has 0 spiro atoms. The molecule has 0 aromatic heterocycles. The van der Waals surface area contributed by atoms with Crippen molar-refractivity contribution in [2.75, 3.05) is 13.1 Å². The number of rotatable bonds is 19. The Labute approximate surface area is 145 Å². The summed E-state index contributed by atoms with van der Waals surface area (Å²) in [6.07, 6.45) is 19.5. The molecular formula is C20H43NO2. The Kier molecular flexibility index (Phi) is 19.8. The first kappa shape index (κ1) is 22.9. The van der Waals surface area contributed by atoms with Crippen molar-refractivity contribution >= 4 is 0 Å². The molecule has 140 valence electrons. The molecule has 0 aliphatic heterocycles. The van der Waals surface area contributed by atoms with Crippen LogP contribution < -0.4 is 5.32 Å². The van der Waals surface area contributed by atoms with Gasteiger partial charge in [-0.1, -0.05) is 90.4 Å². The highest BCUT2D eigenvalue weighted by Crippen LogP contribution is 2.13. The van der Waals surface area contributed by atoms with Crippen LogP contribution in [0, 0.1) is 0 Å². The summed E-state index contributed by atoms with van der Waals surface area (Å²) in [6.45, 7) is 4.47. The molecule has 0 atom stereocenters. The van der Waals surface area contributed by atoms with Crippen LogP contribution in [0.5, 0.6) is 0 Å². The normalized spacial score (nSPS) is 11.5. The maximum Gasteiger partial charge on any atom is 0.151 e. The van der Waals surface area contributed by atoms with Crippen LogP contribution in [0.1, 0.15) is 110 Å². The van der Waals surface area contributed by atoms with Crippen LogP contribution in [-0.2, 0) is 0 Å². The average molecular weight is 330 g/mol. The number of aliphatic hydroxyl groups is 2. The van der Waals surface area contributed by atoms with Crippen molar-refractivity contribution in [1.29, 1.82) is 0 Å². The molecule has 0 radical (unpaired) electrons. The maximum atomic E-state index is 8.74. The summed E-state index contributed by atoms with van der Waals surface area (Å²) in [5.41, 5.74) is 0. The van der Waals surface area contributed by atoms with E-state index in [1.807, 2.05) is 0 Å². The van der Waals surface area contributed by atoms with Gasteiger partial charge in [0.25, 0.3) is 0 Å². The summed E-state index contributed by atoms with van der Waals surface area (Å²) in [5.74, 6) is 0. The zero-order valence-electron chi connectivity index (χ0n) is 15.7. The van der Waals surface area contributed by atoms with Crippen LogP contribution in [0.25, 0.3) is 0 Å². The van der Waals surface area contributed by atoms with Crippen molar-refractivity contribution in [3.05, 3.63) is 0 Å². The molecule has 0 unspecified atom stereocenters. The molecule has 0 aliphatic rings. The predicted molar refractivity (Wildman–Crippen MR) is 101 cm³/mol. The van der Waals surface area contributed by atoms with Gasteiger partial charge in [-0.3, -0.25) is 0 Å². The van der Waals surface area contributed by atoms with Gasteiger partial charge in [-0.05, 0) is 32.4 Å². The summed E-state index contributed by atoms with van der Waals surface area (Å²) in [7, 11) is 0. The van der Waals surface area contributed by atoms with E-state index in [1.165, 1.54) is 90.0 Å². The Bertz CT molecular complexity index is 210. The fourth-order valence-electron chi connectivity index (χ4n) is 3.05. The zero-order chi connectivity index (χ0) is 17.0. The molecule has 0 heterocycles. The Balaban J connectivity index is 2.95. The van der Waals surface area contributed by atoms with Gasteiger partial charge in [0.2, 0.25) is 0 Å². The highest BCUT2D eigenvalue weighted by Gasteiger charge is 1.97. The number of nitrogens with one attached hydrogen (secondary N) is 1. The van der Waals surface area contributed by atoms with E-state index in [9.17, 15) is 0 Å². The molecule has 0 rings (SSSR count). The number of hydrogen-bond donors (Lipinski definition) is 3. The minimum atomic E-state index is -1.10. The van der Waals surface area contributed by atoms with Crippen LogP contribution in [0.15, 0.2) is 0 Å². The van der Waals surface area contributed by atoms with E-state index in [1.54, 1.807) is 0 Å². The zero-order valence-corrected chi connectivity index (χ0v) is 15.7. The minimum absolute atomic E-state index is 0.537. The summed E-state index contributed by atoms with van der Waals surface area (Å²) < 4.78 is 0. The van der Waals surface area contributed by atoms with Gasteiger partial charge < -0.3 is 15.5 Å². The van der Waals surface area contributed by atoms with Gasteiger partial charge in [0.15, 0.2) is 6.29 Å². The van der Waals surface area contributed by atoms with E-state index >= 15 is 0 Å². The van der Waals surface area contributed by atoms with Crippen LogP contribution >= 0.6 is 0 Å². The Morgan fingerprint density at radius 3 is 1.26 bits per heavy atom. The van der Waals surface area contributed by atoms with E-state index in [0.717, 1.165) is 19.4 Å². The van der Waals surface area contributed by atoms with Gasteiger partial charge in [-0.15, -0.1) is 0 Å². The van der Waals surface area contributed by atoms with E-state index in [2.05, 4.69) is 12.2 Å². The second-order valence-corrected chi connectivity index (χ2v) is 6.93. The van der Waals surface area contributed by atoms with Crippen molar-refractivity contribution in [3.8, 4) is 0 Å². The molecule has 0 bridgehead atoms. The lowest BCUT2D eigenvalue weighted by atomic mass is 10.0. The molecular weight excluding hydrogens is 286 g/mol. The number of aliphatic hydroxyl groups excluding tert-OH is 1. The SMILES string of the molecule is CCNCCCCCCCCCCCCCCCCCC(O)O. The van der Waals surface area contributed by atoms with Crippen LogP contribution in [0.3, 0.4) is 0 Å². The molecule has 23 heavy (non-hydrogen) atoms. The van der Waals surface area contributed by atoms with Gasteiger partial charge in [0.05, 0.1) is 0 Å². The lowest BCUT2D eigenvalue weighted by Crippen LogP contribution is -2.13. The lowest BCUT2D eigenvalue weighted by molar-refractivity contribution is -0.0466. The van der Waals surface area contributed by atoms with Gasteiger partial charge in [0.1, 0.15) is 0 Å². The highest BCUT2D eigenvalue weighted by atomic mass is 16.5. The van der Waals surface area contributed by atoms with Crippen LogP contribution in [-0.4, -0.2) is 29.6 Å². The minimum Gasteiger partial charge on any atom is -0.368 e. The quantitative estimate of drug-likeness (QED) is 0.227. The van der Waals surface area contributed by atoms with E-state index in [-0.39, 0.29) is 0 Å². The van der Waals surface area contributed by atoms with Crippen molar-refractivity contribution in [3.63, 3.8) is 0 Å². The molecule has 3 N–H and O–H groups in total. The summed E-state index contributed by atoms with van der Waals surface area (Å²) >= 11 is 0. The topological polar surface area (TPSA) is 52.5 Å². The summed E-state index contributed by atoms with van der Waals surface area (Å²) in [6, 6.07) is 0. The van der Waals surface area contributed by atoms with Crippen molar-refractivity contribution in [2.24, 2.45) is 0 Å². The van der Waals surface area contributed by atoms with Crippen LogP contribution in [0.2, 0.25) is 0 Å². The Hall–Kier alpha value is -0.120. The number of hydrogen-bond acceptors (Lipinski definition) is 3. The van der Waals surface area contributed by atoms with Gasteiger partial charge in [-0.25, -0.2) is 0 Å². The third kappa shape index (κ3) is 21.9. The predicted octanol–water partition coefficient (Wildman–Crippen LogP) is 5.15. The second-order valence-electron chi connectivity index (χ2n) is 6.93. The number of unbranched alkanes of at least 4 members (excludes halogenated alkanes) is 14. The molecule has 0 aromatic rings. The first-order valence-corrected chi connectivity index (χ1v) is 10.3. The summed E-state index contributed by atoms with van der Waals surface area (Å²) in [5, 5.41) is 20.9. The molecule has 0 aromatic carbocycles. The summed E-state index contributed by atoms with van der Waals surface area (Å²) in [4.78, 5) is 0. The van der Waals surface area contributed by atoms with Crippen molar-refractivity contribution < 1.29 is 10.2 Å². The highest BCUT2D eigenvalue weighted by molar-refractivity contribution is 4.51. The van der Waals surface area contributed by atoms with E-state index < -0.39 is 6.29 Å². The Morgan fingerprint density at radius 1 is 0.565 bits per heavy atom. The molecule has 0 saturated carbocycles. The standard InChI is InChI=1S/C20H43NO2/c1-2-21-19-17-15-13-11-9-7-5-3-4-6-8-10-12-14-16-18-20(22)23/h20-23H,2-19H2,1H3. The average Bonchev–Trinajstić information content (AvgIpc) is 2.53. The smallest absolute Gasteiger partial charge is 0.151 e. The molecule has 0 saturated heterocycles. The van der Waals surface area contributed by atoms with Gasteiger partial charge >= 0.3 is 0 Å². The van der Waals surface area contributed by atoms with Crippen LogP contribution in [0.4, 0.5) is 0 Å². The fraction of sp³-hybridized carbons (Fsp3) is 1.00. The lowest BCUT2D eigenvalue weighted by Gasteiger charge is -2.04. The van der Waals surface area contributed by atoms with Crippen molar-refractivity contribution in [2.45, 2.75) is 116 Å². The monoisotopic (exact) mass is 329 g/mol. The molecule has 0 aliphatic carbocycles. The first-order valence-electron chi connectivity index (χ1n) is 10.3. The molecule has 3 heteroatoms. The third-order valence-corrected chi connectivity index (χ3v) is 4.57. The van der Waals surface area contributed by atoms with E-state index in [4.69, 9.17) is 10.2 Å². The second kappa shape index (κ2) is 19.9. The van der Waals surface area contributed by atoms with E-state index in [0.29, 0.717) is 6.42 Å². The molecule has 0 amide bonds. The maximum absolute atomic E-state index is 8.74. The first-order chi connectivity index (χ1) is 11.3. The third-order valence-electron chi connectivity index (χ3n) is 4.57. The largest absolute Gasteiger partial charge is 0.368 e. The van der Waals surface area contributed by atoms with Gasteiger partial charge in [0, 0.05) is 0 Å². The van der Waals surface area contributed by atoms with Gasteiger partial charge in [-0.2, -0.15) is 0 Å². The molecule has 0 fully saturated rings.